The van der Waals surface area contributed by atoms with E-state index in [-0.39, 0.29) is 5.91 Å². The summed E-state index contributed by atoms with van der Waals surface area (Å²) < 4.78 is 27.5. The molecule has 1 N–H and O–H groups in total. The second-order valence-corrected chi connectivity index (χ2v) is 10.4. The Balaban J connectivity index is 1.61. The molecular formula is C24H32N2O3S. The molecule has 0 radical (unpaired) electrons. The summed E-state index contributed by atoms with van der Waals surface area (Å²) in [6.45, 7) is 7.27. The molecule has 162 valence electrons. The Morgan fingerprint density at radius 2 is 1.70 bits per heavy atom. The highest BCUT2D eigenvalue weighted by Crippen LogP contribution is 2.33. The number of rotatable bonds is 7. The number of carbonyl (C=O) groups excluding carboxylic acids is 1. The Morgan fingerprint density at radius 3 is 2.30 bits per heavy atom. The third-order valence-electron chi connectivity index (χ3n) is 6.17. The second-order valence-electron chi connectivity index (χ2n) is 8.47. The fourth-order valence-electron chi connectivity index (χ4n) is 3.91. The normalized spacial score (nSPS) is 16.9. The van der Waals surface area contributed by atoms with E-state index in [0.29, 0.717) is 37.4 Å². The highest BCUT2D eigenvalue weighted by atomic mass is 32.2. The molecule has 1 heterocycles. The van der Waals surface area contributed by atoms with E-state index in [9.17, 15) is 13.2 Å². The minimum absolute atomic E-state index is 0.00767. The van der Waals surface area contributed by atoms with Gasteiger partial charge in [-0.15, -0.1) is 0 Å². The Kier molecular flexibility index (Phi) is 6.98. The highest BCUT2D eigenvalue weighted by molar-refractivity contribution is 7.89. The first-order chi connectivity index (χ1) is 14.3. The van der Waals surface area contributed by atoms with Crippen molar-refractivity contribution in [3.63, 3.8) is 0 Å². The molecule has 2 aromatic rings. The van der Waals surface area contributed by atoms with E-state index in [1.807, 2.05) is 50.2 Å². The molecule has 0 saturated carbocycles. The molecule has 1 saturated heterocycles. The molecule has 30 heavy (non-hydrogen) atoms. The number of piperidine rings is 1. The lowest BCUT2D eigenvalue weighted by Crippen LogP contribution is -2.48. The number of sulfonamides is 1. The van der Waals surface area contributed by atoms with Crippen molar-refractivity contribution >= 4 is 15.9 Å². The van der Waals surface area contributed by atoms with Crippen LogP contribution in [0.3, 0.4) is 0 Å². The lowest BCUT2D eigenvalue weighted by Gasteiger charge is -2.37. The van der Waals surface area contributed by atoms with Gasteiger partial charge in [0.15, 0.2) is 0 Å². The van der Waals surface area contributed by atoms with Crippen LogP contribution in [0.25, 0.3) is 0 Å². The summed E-state index contributed by atoms with van der Waals surface area (Å²) in [6.07, 6.45) is 3.00. The van der Waals surface area contributed by atoms with Crippen molar-refractivity contribution in [1.82, 2.24) is 9.62 Å². The summed E-state index contributed by atoms with van der Waals surface area (Å²) in [4.78, 5) is 13.2. The smallest absolute Gasteiger partial charge is 0.243 e. The number of nitrogens with zero attached hydrogens (tertiary/aromatic N) is 1. The zero-order valence-corrected chi connectivity index (χ0v) is 19.0. The predicted octanol–water partition coefficient (Wildman–Crippen LogP) is 4.05. The third-order valence-corrected chi connectivity index (χ3v) is 8.09. The van der Waals surface area contributed by atoms with Gasteiger partial charge in [-0.1, -0.05) is 56.7 Å². The minimum atomic E-state index is -3.53. The molecule has 5 nitrogen and oxygen atoms in total. The maximum Gasteiger partial charge on any atom is 0.243 e. The maximum absolute atomic E-state index is 13.0. The number of carbonyl (C=O) groups is 1. The van der Waals surface area contributed by atoms with Gasteiger partial charge in [0, 0.05) is 25.0 Å². The summed E-state index contributed by atoms with van der Waals surface area (Å²) in [5.74, 6) is -0.00767. The summed E-state index contributed by atoms with van der Waals surface area (Å²) in [5.41, 5.74) is 2.84. The zero-order chi connectivity index (χ0) is 21.8. The van der Waals surface area contributed by atoms with Crippen molar-refractivity contribution in [3.05, 3.63) is 65.2 Å². The number of benzene rings is 2. The molecule has 0 bridgehead atoms. The van der Waals surface area contributed by atoms with Crippen LogP contribution in [0.1, 0.15) is 49.8 Å². The molecule has 1 aliphatic rings. The molecule has 6 heteroatoms. The Morgan fingerprint density at radius 1 is 1.07 bits per heavy atom. The lowest BCUT2D eigenvalue weighted by atomic mass is 9.80. The lowest BCUT2D eigenvalue weighted by molar-refractivity contribution is -0.132. The van der Waals surface area contributed by atoms with E-state index in [4.69, 9.17) is 0 Å². The second kappa shape index (κ2) is 9.31. The average molecular weight is 429 g/mol. The van der Waals surface area contributed by atoms with Crippen LogP contribution < -0.4 is 5.32 Å². The zero-order valence-electron chi connectivity index (χ0n) is 18.1. The molecule has 1 fully saturated rings. The first kappa shape index (κ1) is 22.5. The van der Waals surface area contributed by atoms with E-state index in [2.05, 4.69) is 12.2 Å². The fourth-order valence-corrected chi connectivity index (χ4v) is 5.35. The SMILES string of the molecule is CCCc1ccc(S(=O)(=O)N2CCC(C)(C(=O)NCc3ccccc3C)CC2)cc1. The first-order valence-corrected chi connectivity index (χ1v) is 12.1. The van der Waals surface area contributed by atoms with Crippen LogP contribution in [0.4, 0.5) is 0 Å². The highest BCUT2D eigenvalue weighted by Gasteiger charge is 2.40. The van der Waals surface area contributed by atoms with Crippen LogP contribution in [0, 0.1) is 12.3 Å². The minimum Gasteiger partial charge on any atom is -0.352 e. The van der Waals surface area contributed by atoms with Crippen molar-refractivity contribution < 1.29 is 13.2 Å². The van der Waals surface area contributed by atoms with Crippen LogP contribution in [0.5, 0.6) is 0 Å². The summed E-state index contributed by atoms with van der Waals surface area (Å²) in [5, 5.41) is 3.05. The van der Waals surface area contributed by atoms with Crippen LogP contribution in [0.15, 0.2) is 53.4 Å². The van der Waals surface area contributed by atoms with Crippen molar-refractivity contribution in [3.8, 4) is 0 Å². The van der Waals surface area contributed by atoms with Gasteiger partial charge in [0.2, 0.25) is 15.9 Å². The van der Waals surface area contributed by atoms with Gasteiger partial charge in [-0.2, -0.15) is 4.31 Å². The molecule has 0 atom stereocenters. The first-order valence-electron chi connectivity index (χ1n) is 10.7. The molecule has 3 rings (SSSR count). The van der Waals surface area contributed by atoms with E-state index in [1.54, 1.807) is 12.1 Å². The number of nitrogens with one attached hydrogen (secondary N) is 1. The Labute approximate surface area is 180 Å². The molecular weight excluding hydrogens is 396 g/mol. The van der Waals surface area contributed by atoms with Gasteiger partial charge in [-0.05, 0) is 55.0 Å². The van der Waals surface area contributed by atoms with E-state index in [0.717, 1.165) is 29.5 Å². The van der Waals surface area contributed by atoms with Gasteiger partial charge >= 0.3 is 0 Å². The molecule has 0 spiro atoms. The van der Waals surface area contributed by atoms with Crippen LogP contribution in [0.2, 0.25) is 0 Å². The van der Waals surface area contributed by atoms with E-state index in [1.165, 1.54) is 4.31 Å². The van der Waals surface area contributed by atoms with Crippen LogP contribution >= 0.6 is 0 Å². The number of aryl methyl sites for hydroxylation is 2. The third kappa shape index (κ3) is 4.93. The number of hydrogen-bond donors (Lipinski definition) is 1. The van der Waals surface area contributed by atoms with Gasteiger partial charge in [0.05, 0.1) is 4.90 Å². The van der Waals surface area contributed by atoms with Gasteiger partial charge < -0.3 is 5.32 Å². The quantitative estimate of drug-likeness (QED) is 0.723. The van der Waals surface area contributed by atoms with Crippen LogP contribution in [-0.2, 0) is 27.8 Å². The fraction of sp³-hybridized carbons (Fsp3) is 0.458. The Hall–Kier alpha value is -2.18. The van der Waals surface area contributed by atoms with Gasteiger partial charge in [-0.3, -0.25) is 4.79 Å². The Bertz CT molecular complexity index is 976. The molecule has 2 aromatic carbocycles. The molecule has 0 aliphatic carbocycles. The molecule has 1 amide bonds. The summed E-state index contributed by atoms with van der Waals surface area (Å²) in [6, 6.07) is 15.2. The van der Waals surface area contributed by atoms with Gasteiger partial charge in [-0.25, -0.2) is 8.42 Å². The average Bonchev–Trinajstić information content (AvgIpc) is 2.74. The van der Waals surface area contributed by atoms with Crippen molar-refractivity contribution in [2.24, 2.45) is 5.41 Å². The van der Waals surface area contributed by atoms with Crippen molar-refractivity contribution in [2.75, 3.05) is 13.1 Å². The molecule has 1 aliphatic heterocycles. The largest absolute Gasteiger partial charge is 0.352 e. The van der Waals surface area contributed by atoms with Crippen LogP contribution in [-0.4, -0.2) is 31.7 Å². The van der Waals surface area contributed by atoms with Crippen molar-refractivity contribution in [2.45, 2.75) is 57.9 Å². The summed E-state index contributed by atoms with van der Waals surface area (Å²) in [7, 11) is -3.53. The number of amides is 1. The molecule has 0 unspecified atom stereocenters. The standard InChI is InChI=1S/C24H32N2O3S/c1-4-7-20-10-12-22(13-11-20)30(28,29)26-16-14-24(3,15-17-26)23(27)25-18-21-9-6-5-8-19(21)2/h5-6,8-13H,4,7,14-18H2,1-3H3,(H,25,27). The summed E-state index contributed by atoms with van der Waals surface area (Å²) >= 11 is 0. The molecule has 0 aromatic heterocycles. The van der Waals surface area contributed by atoms with Gasteiger partial charge in [0.1, 0.15) is 0 Å². The van der Waals surface area contributed by atoms with E-state index < -0.39 is 15.4 Å². The number of hydrogen-bond acceptors (Lipinski definition) is 3. The monoisotopic (exact) mass is 428 g/mol. The van der Waals surface area contributed by atoms with E-state index >= 15 is 0 Å². The van der Waals surface area contributed by atoms with Gasteiger partial charge in [0.25, 0.3) is 0 Å². The maximum atomic E-state index is 13.0. The van der Waals surface area contributed by atoms with Crippen molar-refractivity contribution in [1.29, 1.82) is 0 Å². The predicted molar refractivity (Wildman–Crippen MR) is 120 cm³/mol. The topological polar surface area (TPSA) is 66.5 Å².